The summed E-state index contributed by atoms with van der Waals surface area (Å²) >= 11 is 0. The summed E-state index contributed by atoms with van der Waals surface area (Å²) in [5, 5.41) is 0.904. The monoisotopic (exact) mass is 274 g/mol. The molecule has 2 heterocycles. The van der Waals surface area contributed by atoms with Gasteiger partial charge in [-0.2, -0.15) is 0 Å². The number of aromatic nitrogens is 1. The van der Waals surface area contributed by atoms with Crippen LogP contribution in [0.1, 0.15) is 31.5 Å². The maximum atomic E-state index is 13.4. The fourth-order valence-corrected chi connectivity index (χ4v) is 2.86. The molecule has 0 saturated carbocycles. The molecule has 0 spiro atoms. The van der Waals surface area contributed by atoms with E-state index in [1.165, 1.54) is 6.07 Å². The van der Waals surface area contributed by atoms with Crippen LogP contribution < -0.4 is 0 Å². The summed E-state index contributed by atoms with van der Waals surface area (Å²) in [6, 6.07) is 4.79. The SMILES string of the molecule is CC[C@@H](C)C(=O)N1CCc2[nH]c3ccc(F)cc3c2C1. The van der Waals surface area contributed by atoms with E-state index < -0.39 is 0 Å². The molecule has 0 aliphatic carbocycles. The lowest BCUT2D eigenvalue weighted by Crippen LogP contribution is -2.38. The van der Waals surface area contributed by atoms with Gasteiger partial charge in [0.05, 0.1) is 0 Å². The Labute approximate surface area is 117 Å². The summed E-state index contributed by atoms with van der Waals surface area (Å²) in [6.07, 6.45) is 1.67. The molecule has 1 N–H and O–H groups in total. The number of amides is 1. The fourth-order valence-electron chi connectivity index (χ4n) is 2.86. The van der Waals surface area contributed by atoms with Crippen molar-refractivity contribution in [2.45, 2.75) is 33.2 Å². The molecule has 1 amide bonds. The van der Waals surface area contributed by atoms with Gasteiger partial charge in [0.1, 0.15) is 5.82 Å². The summed E-state index contributed by atoms with van der Waals surface area (Å²) in [7, 11) is 0. The molecule has 0 fully saturated rings. The van der Waals surface area contributed by atoms with Gasteiger partial charge in [0.15, 0.2) is 0 Å². The van der Waals surface area contributed by atoms with E-state index in [4.69, 9.17) is 0 Å². The molecule has 2 aromatic rings. The molecule has 0 radical (unpaired) electrons. The number of nitrogens with one attached hydrogen (secondary N) is 1. The maximum Gasteiger partial charge on any atom is 0.225 e. The molecular formula is C16H19FN2O. The number of carbonyl (C=O) groups is 1. The Balaban J connectivity index is 1.96. The first-order valence-electron chi connectivity index (χ1n) is 7.18. The Bertz CT molecular complexity index is 662. The zero-order chi connectivity index (χ0) is 14.3. The lowest BCUT2D eigenvalue weighted by atomic mass is 10.0. The van der Waals surface area contributed by atoms with E-state index >= 15 is 0 Å². The van der Waals surface area contributed by atoms with Gasteiger partial charge >= 0.3 is 0 Å². The number of halogens is 1. The first-order valence-corrected chi connectivity index (χ1v) is 7.18. The van der Waals surface area contributed by atoms with Crippen molar-refractivity contribution >= 4 is 16.8 Å². The molecule has 20 heavy (non-hydrogen) atoms. The van der Waals surface area contributed by atoms with Crippen LogP contribution in [-0.4, -0.2) is 22.3 Å². The Morgan fingerprint density at radius 1 is 1.50 bits per heavy atom. The average Bonchev–Trinajstić information content (AvgIpc) is 2.82. The largest absolute Gasteiger partial charge is 0.358 e. The second kappa shape index (κ2) is 4.93. The van der Waals surface area contributed by atoms with Crippen LogP contribution in [0.15, 0.2) is 18.2 Å². The molecule has 3 rings (SSSR count). The maximum absolute atomic E-state index is 13.4. The molecule has 0 unspecified atom stereocenters. The van der Waals surface area contributed by atoms with Gasteiger partial charge in [0, 0.05) is 47.6 Å². The minimum atomic E-state index is -0.232. The first-order chi connectivity index (χ1) is 9.60. The minimum Gasteiger partial charge on any atom is -0.358 e. The third-order valence-corrected chi connectivity index (χ3v) is 4.28. The second-order valence-corrected chi connectivity index (χ2v) is 5.59. The van der Waals surface area contributed by atoms with Crippen molar-refractivity contribution in [3.05, 3.63) is 35.3 Å². The van der Waals surface area contributed by atoms with Gasteiger partial charge < -0.3 is 9.88 Å². The number of nitrogens with zero attached hydrogens (tertiary/aromatic N) is 1. The van der Waals surface area contributed by atoms with Gasteiger partial charge in [-0.3, -0.25) is 4.79 Å². The summed E-state index contributed by atoms with van der Waals surface area (Å²) in [5.41, 5.74) is 3.16. The quantitative estimate of drug-likeness (QED) is 0.896. The summed E-state index contributed by atoms with van der Waals surface area (Å²) in [5.74, 6) is 0.0204. The minimum absolute atomic E-state index is 0.0542. The zero-order valence-corrected chi connectivity index (χ0v) is 11.9. The number of benzene rings is 1. The van der Waals surface area contributed by atoms with Crippen molar-refractivity contribution in [1.29, 1.82) is 0 Å². The Kier molecular flexibility index (Phi) is 3.24. The van der Waals surface area contributed by atoms with E-state index in [0.717, 1.165) is 41.5 Å². The topological polar surface area (TPSA) is 36.1 Å². The van der Waals surface area contributed by atoms with Crippen LogP contribution in [0.25, 0.3) is 10.9 Å². The highest BCUT2D eigenvalue weighted by atomic mass is 19.1. The van der Waals surface area contributed by atoms with Crippen LogP contribution in [0.2, 0.25) is 0 Å². The number of carbonyl (C=O) groups excluding carboxylic acids is 1. The highest BCUT2D eigenvalue weighted by Gasteiger charge is 2.26. The van der Waals surface area contributed by atoms with Gasteiger partial charge in [0.25, 0.3) is 0 Å². The molecule has 3 nitrogen and oxygen atoms in total. The Morgan fingerprint density at radius 3 is 3.05 bits per heavy atom. The number of hydrogen-bond acceptors (Lipinski definition) is 1. The van der Waals surface area contributed by atoms with Crippen molar-refractivity contribution in [2.75, 3.05) is 6.54 Å². The van der Waals surface area contributed by atoms with Gasteiger partial charge in [-0.25, -0.2) is 4.39 Å². The third kappa shape index (κ3) is 2.09. The van der Waals surface area contributed by atoms with Gasteiger partial charge in [0.2, 0.25) is 5.91 Å². The smallest absolute Gasteiger partial charge is 0.225 e. The zero-order valence-electron chi connectivity index (χ0n) is 11.9. The third-order valence-electron chi connectivity index (χ3n) is 4.28. The molecule has 1 aromatic heterocycles. The molecular weight excluding hydrogens is 255 g/mol. The van der Waals surface area contributed by atoms with E-state index in [0.29, 0.717) is 6.54 Å². The Hall–Kier alpha value is -1.84. The van der Waals surface area contributed by atoms with Gasteiger partial charge in [-0.1, -0.05) is 13.8 Å². The van der Waals surface area contributed by atoms with Crippen LogP contribution in [0.3, 0.4) is 0 Å². The van der Waals surface area contributed by atoms with Crippen LogP contribution in [-0.2, 0) is 17.8 Å². The second-order valence-electron chi connectivity index (χ2n) is 5.59. The summed E-state index contributed by atoms with van der Waals surface area (Å²) in [6.45, 7) is 5.32. The van der Waals surface area contributed by atoms with Gasteiger partial charge in [-0.05, 0) is 24.6 Å². The standard InChI is InChI=1S/C16H19FN2O/c1-3-10(2)16(20)19-7-6-15-13(9-19)12-8-11(17)4-5-14(12)18-15/h4-5,8,10,18H,3,6-7,9H2,1-2H3/t10-/m1/s1. The van der Waals surface area contributed by atoms with E-state index in [2.05, 4.69) is 4.98 Å². The van der Waals surface area contributed by atoms with Crippen molar-refractivity contribution < 1.29 is 9.18 Å². The number of hydrogen-bond donors (Lipinski definition) is 1. The molecule has 4 heteroatoms. The van der Waals surface area contributed by atoms with Crippen LogP contribution >= 0.6 is 0 Å². The van der Waals surface area contributed by atoms with E-state index in [1.54, 1.807) is 12.1 Å². The number of aromatic amines is 1. The molecule has 1 aliphatic heterocycles. The van der Waals surface area contributed by atoms with Crippen LogP contribution in [0, 0.1) is 11.7 Å². The number of fused-ring (bicyclic) bond motifs is 3. The molecule has 1 aliphatic rings. The Morgan fingerprint density at radius 2 is 2.30 bits per heavy atom. The van der Waals surface area contributed by atoms with Crippen molar-refractivity contribution in [3.63, 3.8) is 0 Å². The van der Waals surface area contributed by atoms with E-state index in [9.17, 15) is 9.18 Å². The highest BCUT2D eigenvalue weighted by Crippen LogP contribution is 2.29. The van der Waals surface area contributed by atoms with Crippen molar-refractivity contribution in [1.82, 2.24) is 9.88 Å². The van der Waals surface area contributed by atoms with Crippen molar-refractivity contribution in [2.24, 2.45) is 5.92 Å². The molecule has 1 aromatic carbocycles. The number of rotatable bonds is 2. The van der Waals surface area contributed by atoms with E-state index in [-0.39, 0.29) is 17.6 Å². The van der Waals surface area contributed by atoms with Crippen LogP contribution in [0.4, 0.5) is 4.39 Å². The average molecular weight is 274 g/mol. The van der Waals surface area contributed by atoms with Crippen LogP contribution in [0.5, 0.6) is 0 Å². The molecule has 106 valence electrons. The lowest BCUT2D eigenvalue weighted by Gasteiger charge is -2.29. The predicted octanol–water partition coefficient (Wildman–Crippen LogP) is 3.24. The van der Waals surface area contributed by atoms with Gasteiger partial charge in [-0.15, -0.1) is 0 Å². The van der Waals surface area contributed by atoms with Crippen molar-refractivity contribution in [3.8, 4) is 0 Å². The molecule has 1 atom stereocenters. The lowest BCUT2D eigenvalue weighted by molar-refractivity contribution is -0.136. The van der Waals surface area contributed by atoms with E-state index in [1.807, 2.05) is 18.7 Å². The first kappa shape index (κ1) is 13.2. The fraction of sp³-hybridized carbons (Fsp3) is 0.438. The number of H-pyrrole nitrogens is 1. The highest BCUT2D eigenvalue weighted by molar-refractivity contribution is 5.86. The predicted molar refractivity (Wildman–Crippen MR) is 76.8 cm³/mol. The summed E-state index contributed by atoms with van der Waals surface area (Å²) < 4.78 is 13.4. The summed E-state index contributed by atoms with van der Waals surface area (Å²) in [4.78, 5) is 17.5. The molecule has 0 bridgehead atoms. The molecule has 0 saturated heterocycles. The normalized spacial score (nSPS) is 16.2.